The zero-order valence-electron chi connectivity index (χ0n) is 5.79. The fourth-order valence-corrected chi connectivity index (χ4v) is 0.745. The summed E-state index contributed by atoms with van der Waals surface area (Å²) in [5.41, 5.74) is 0. The molecule has 0 saturated heterocycles. The largest absolute Gasteiger partial charge is 0.394 e. The van der Waals surface area contributed by atoms with E-state index in [9.17, 15) is 0 Å². The van der Waals surface area contributed by atoms with Crippen LogP contribution in [0.3, 0.4) is 0 Å². The molecule has 0 fully saturated rings. The van der Waals surface area contributed by atoms with Gasteiger partial charge in [-0.1, -0.05) is 0 Å². The van der Waals surface area contributed by atoms with Gasteiger partial charge in [0.2, 0.25) is 0 Å². The van der Waals surface area contributed by atoms with Gasteiger partial charge in [0.15, 0.2) is 0 Å². The zero-order chi connectivity index (χ0) is 7.82. The molecule has 2 N–H and O–H groups in total. The first-order chi connectivity index (χ1) is 4.81. The summed E-state index contributed by atoms with van der Waals surface area (Å²) in [6, 6.07) is 0. The summed E-state index contributed by atoms with van der Waals surface area (Å²) in [5.74, 6) is 0.434. The van der Waals surface area contributed by atoms with Crippen molar-refractivity contribution in [1.82, 2.24) is 0 Å². The maximum atomic E-state index is 8.98. The lowest BCUT2D eigenvalue weighted by molar-refractivity contribution is 0.0204. The van der Waals surface area contributed by atoms with Crippen LogP contribution >= 0.6 is 11.6 Å². The van der Waals surface area contributed by atoms with Crippen LogP contribution in [-0.2, 0) is 4.74 Å². The highest BCUT2D eigenvalue weighted by Gasteiger charge is 2.01. The maximum absolute atomic E-state index is 8.98. The number of hydrogen-bond acceptors (Lipinski definition) is 3. The minimum Gasteiger partial charge on any atom is -0.394 e. The lowest BCUT2D eigenvalue weighted by atomic mass is 10.3. The molecule has 0 aliphatic heterocycles. The van der Waals surface area contributed by atoms with Crippen molar-refractivity contribution in [2.75, 3.05) is 25.7 Å². The molecule has 0 heterocycles. The minimum atomic E-state index is -0.496. The molecule has 4 heteroatoms. The highest BCUT2D eigenvalue weighted by atomic mass is 35.5. The molecule has 62 valence electrons. The van der Waals surface area contributed by atoms with Crippen molar-refractivity contribution in [2.45, 2.75) is 12.5 Å². The second kappa shape index (κ2) is 7.28. The van der Waals surface area contributed by atoms with E-state index in [-0.39, 0.29) is 19.8 Å². The van der Waals surface area contributed by atoms with Crippen LogP contribution in [0.1, 0.15) is 6.42 Å². The zero-order valence-corrected chi connectivity index (χ0v) is 6.55. The molecule has 10 heavy (non-hydrogen) atoms. The normalized spacial score (nSPS) is 13.5. The first-order valence-electron chi connectivity index (χ1n) is 3.24. The Morgan fingerprint density at radius 3 is 2.70 bits per heavy atom. The maximum Gasteiger partial charge on any atom is 0.0785 e. The molecule has 0 saturated carbocycles. The minimum absolute atomic E-state index is 0.00635. The molecule has 0 amide bonds. The Bertz CT molecular complexity index is 70.0. The summed E-state index contributed by atoms with van der Waals surface area (Å²) in [6.45, 7) is 0.528. The molecule has 0 aliphatic rings. The number of rotatable bonds is 6. The summed E-state index contributed by atoms with van der Waals surface area (Å²) in [6.07, 6.45) is 0.0385. The molecule has 0 aromatic heterocycles. The summed E-state index contributed by atoms with van der Waals surface area (Å²) in [7, 11) is 0. The van der Waals surface area contributed by atoms with Crippen molar-refractivity contribution >= 4 is 11.6 Å². The molecule has 0 aliphatic carbocycles. The second-order valence-corrected chi connectivity index (χ2v) is 2.31. The van der Waals surface area contributed by atoms with E-state index < -0.39 is 6.10 Å². The van der Waals surface area contributed by atoms with Gasteiger partial charge in [-0.15, -0.1) is 11.6 Å². The van der Waals surface area contributed by atoms with Crippen molar-refractivity contribution in [3.8, 4) is 0 Å². The number of hydrogen-bond donors (Lipinski definition) is 2. The first kappa shape index (κ1) is 10.2. The van der Waals surface area contributed by atoms with E-state index in [1.807, 2.05) is 0 Å². The van der Waals surface area contributed by atoms with Crippen LogP contribution in [0.15, 0.2) is 0 Å². The van der Waals surface area contributed by atoms with E-state index in [2.05, 4.69) is 0 Å². The highest BCUT2D eigenvalue weighted by Crippen LogP contribution is 1.94. The van der Waals surface area contributed by atoms with E-state index in [1.54, 1.807) is 0 Å². The van der Waals surface area contributed by atoms with Crippen LogP contribution in [0.2, 0.25) is 0 Å². The topological polar surface area (TPSA) is 49.7 Å². The Morgan fingerprint density at radius 2 is 2.20 bits per heavy atom. The third-order valence-corrected chi connectivity index (χ3v) is 1.21. The Balaban J connectivity index is 2.97. The van der Waals surface area contributed by atoms with Crippen LogP contribution < -0.4 is 0 Å². The third kappa shape index (κ3) is 6.29. The van der Waals surface area contributed by atoms with Gasteiger partial charge in [0.05, 0.1) is 25.9 Å². The Labute approximate surface area is 65.6 Å². The van der Waals surface area contributed by atoms with Crippen molar-refractivity contribution in [3.05, 3.63) is 0 Å². The molecule has 0 radical (unpaired) electrons. The smallest absolute Gasteiger partial charge is 0.0785 e. The van der Waals surface area contributed by atoms with Crippen molar-refractivity contribution in [3.63, 3.8) is 0 Å². The third-order valence-electron chi connectivity index (χ3n) is 0.988. The Morgan fingerprint density at radius 1 is 1.50 bits per heavy atom. The van der Waals surface area contributed by atoms with Gasteiger partial charge < -0.3 is 14.9 Å². The van der Waals surface area contributed by atoms with E-state index in [4.69, 9.17) is 26.6 Å². The summed E-state index contributed by atoms with van der Waals surface area (Å²) >= 11 is 5.34. The van der Waals surface area contributed by atoms with Crippen molar-refractivity contribution in [2.24, 2.45) is 0 Å². The van der Waals surface area contributed by atoms with Gasteiger partial charge in [-0.2, -0.15) is 0 Å². The average molecular weight is 169 g/mol. The van der Waals surface area contributed by atoms with Gasteiger partial charge in [-0.05, 0) is 6.42 Å². The van der Waals surface area contributed by atoms with E-state index in [0.29, 0.717) is 12.3 Å². The van der Waals surface area contributed by atoms with E-state index >= 15 is 0 Å². The summed E-state index contributed by atoms with van der Waals surface area (Å²) in [5, 5.41) is 17.3. The highest BCUT2D eigenvalue weighted by molar-refractivity contribution is 6.17. The molecular formula is C6H13ClO3. The van der Waals surface area contributed by atoms with Gasteiger partial charge >= 0.3 is 0 Å². The van der Waals surface area contributed by atoms with Gasteiger partial charge in [0, 0.05) is 5.88 Å². The van der Waals surface area contributed by atoms with E-state index in [0.717, 1.165) is 0 Å². The molecule has 0 aromatic carbocycles. The van der Waals surface area contributed by atoms with Crippen LogP contribution in [0.5, 0.6) is 0 Å². The number of aliphatic hydroxyl groups is 2. The van der Waals surface area contributed by atoms with Crippen molar-refractivity contribution < 1.29 is 14.9 Å². The predicted molar refractivity (Wildman–Crippen MR) is 39.2 cm³/mol. The van der Waals surface area contributed by atoms with Crippen LogP contribution in [0, 0.1) is 0 Å². The molecule has 3 nitrogen and oxygen atoms in total. The Kier molecular flexibility index (Phi) is 7.40. The SMILES string of the molecule is OCCOCC(O)CCCl. The summed E-state index contributed by atoms with van der Waals surface area (Å²) < 4.78 is 4.84. The number of ether oxygens (including phenoxy) is 1. The number of halogens is 1. The Hall–Kier alpha value is 0.170. The predicted octanol–water partition coefficient (Wildman–Crippen LogP) is -0.0149. The molecule has 0 aromatic rings. The molecule has 1 unspecified atom stereocenters. The van der Waals surface area contributed by atoms with Gasteiger partial charge in [-0.25, -0.2) is 0 Å². The van der Waals surface area contributed by atoms with Gasteiger partial charge in [0.1, 0.15) is 0 Å². The van der Waals surface area contributed by atoms with Crippen LogP contribution in [-0.4, -0.2) is 42.0 Å². The first-order valence-corrected chi connectivity index (χ1v) is 3.77. The van der Waals surface area contributed by atoms with Crippen LogP contribution in [0.4, 0.5) is 0 Å². The summed E-state index contributed by atoms with van der Waals surface area (Å²) in [4.78, 5) is 0. The number of aliphatic hydroxyl groups excluding tert-OH is 2. The lowest BCUT2D eigenvalue weighted by Gasteiger charge is -2.07. The van der Waals surface area contributed by atoms with Crippen molar-refractivity contribution in [1.29, 1.82) is 0 Å². The quantitative estimate of drug-likeness (QED) is 0.433. The fraction of sp³-hybridized carbons (Fsp3) is 1.00. The van der Waals surface area contributed by atoms with Crippen LogP contribution in [0.25, 0.3) is 0 Å². The van der Waals surface area contributed by atoms with Gasteiger partial charge in [0.25, 0.3) is 0 Å². The number of alkyl halides is 1. The second-order valence-electron chi connectivity index (χ2n) is 1.93. The fourth-order valence-electron chi connectivity index (χ4n) is 0.493. The van der Waals surface area contributed by atoms with E-state index in [1.165, 1.54) is 0 Å². The molecule has 0 spiro atoms. The average Bonchev–Trinajstić information content (AvgIpc) is 1.89. The standard InChI is InChI=1S/C6H13ClO3/c7-2-1-6(9)5-10-4-3-8/h6,8-9H,1-5H2. The molecule has 1 atom stereocenters. The molecule has 0 bridgehead atoms. The molecule has 0 rings (SSSR count). The van der Waals surface area contributed by atoms with Gasteiger partial charge in [-0.3, -0.25) is 0 Å². The lowest BCUT2D eigenvalue weighted by Crippen LogP contribution is -2.16. The monoisotopic (exact) mass is 168 g/mol. The molecular weight excluding hydrogens is 156 g/mol.